The minimum Gasteiger partial charge on any atom is -0.383 e. The fourth-order valence-electron chi connectivity index (χ4n) is 2.72. The SMILES string of the molecule is CC1CCC(CCNS(=O)(=O)c2cccnc2N)CC1. The van der Waals surface area contributed by atoms with E-state index in [4.69, 9.17) is 5.73 Å². The van der Waals surface area contributed by atoms with Crippen molar-refractivity contribution in [3.63, 3.8) is 0 Å². The molecule has 0 radical (unpaired) electrons. The molecule has 1 aliphatic carbocycles. The second kappa shape index (κ2) is 6.54. The Morgan fingerprint density at radius 1 is 1.35 bits per heavy atom. The Kier molecular flexibility index (Phi) is 4.99. The highest BCUT2D eigenvalue weighted by molar-refractivity contribution is 7.89. The van der Waals surface area contributed by atoms with Gasteiger partial charge in [-0.15, -0.1) is 0 Å². The van der Waals surface area contributed by atoms with Crippen LogP contribution in [0.4, 0.5) is 5.82 Å². The first-order valence-corrected chi connectivity index (χ1v) is 8.67. The van der Waals surface area contributed by atoms with E-state index >= 15 is 0 Å². The molecule has 2 rings (SSSR count). The van der Waals surface area contributed by atoms with E-state index in [1.54, 1.807) is 6.07 Å². The van der Waals surface area contributed by atoms with Crippen molar-refractivity contribution in [3.8, 4) is 0 Å². The number of rotatable bonds is 5. The van der Waals surface area contributed by atoms with Gasteiger partial charge < -0.3 is 5.73 Å². The quantitative estimate of drug-likeness (QED) is 0.872. The van der Waals surface area contributed by atoms with E-state index in [1.165, 1.54) is 37.9 Å². The minimum atomic E-state index is -3.54. The molecule has 0 unspecified atom stereocenters. The summed E-state index contributed by atoms with van der Waals surface area (Å²) in [6.45, 7) is 2.75. The largest absolute Gasteiger partial charge is 0.383 e. The number of nitrogens with zero attached hydrogens (tertiary/aromatic N) is 1. The molecule has 0 amide bonds. The van der Waals surface area contributed by atoms with E-state index < -0.39 is 10.0 Å². The van der Waals surface area contributed by atoms with E-state index in [2.05, 4.69) is 16.6 Å². The van der Waals surface area contributed by atoms with Crippen LogP contribution in [0.25, 0.3) is 0 Å². The summed E-state index contributed by atoms with van der Waals surface area (Å²) in [6, 6.07) is 3.06. The molecule has 1 heterocycles. The van der Waals surface area contributed by atoms with Crippen LogP contribution in [-0.2, 0) is 10.0 Å². The average molecular weight is 297 g/mol. The van der Waals surface area contributed by atoms with E-state index in [-0.39, 0.29) is 10.7 Å². The second-order valence-electron chi connectivity index (χ2n) is 5.70. The zero-order valence-corrected chi connectivity index (χ0v) is 12.7. The first-order valence-electron chi connectivity index (χ1n) is 7.19. The van der Waals surface area contributed by atoms with Crippen LogP contribution in [0.15, 0.2) is 23.2 Å². The van der Waals surface area contributed by atoms with Crippen molar-refractivity contribution in [2.45, 2.75) is 43.9 Å². The molecule has 112 valence electrons. The standard InChI is InChI=1S/C14H23N3O2S/c1-11-4-6-12(7-5-11)8-10-17-20(18,19)13-3-2-9-16-14(13)15/h2-3,9,11-12,17H,4-8,10H2,1H3,(H2,15,16). The third kappa shape index (κ3) is 3.93. The average Bonchev–Trinajstić information content (AvgIpc) is 2.41. The molecule has 0 atom stereocenters. The Balaban J connectivity index is 1.86. The Morgan fingerprint density at radius 3 is 2.70 bits per heavy atom. The summed E-state index contributed by atoms with van der Waals surface area (Å²) in [5.74, 6) is 1.50. The Bertz CT molecular complexity index is 537. The number of sulfonamides is 1. The number of hydrogen-bond acceptors (Lipinski definition) is 4. The lowest BCUT2D eigenvalue weighted by molar-refractivity contribution is 0.278. The molecule has 1 aromatic heterocycles. The van der Waals surface area contributed by atoms with Crippen LogP contribution in [0, 0.1) is 11.8 Å². The van der Waals surface area contributed by atoms with Gasteiger partial charge in [0, 0.05) is 12.7 Å². The van der Waals surface area contributed by atoms with Gasteiger partial charge in [-0.3, -0.25) is 0 Å². The zero-order valence-electron chi connectivity index (χ0n) is 11.9. The molecule has 0 aromatic carbocycles. The van der Waals surface area contributed by atoms with Gasteiger partial charge in [0.2, 0.25) is 10.0 Å². The molecule has 1 aliphatic rings. The fraction of sp³-hybridized carbons (Fsp3) is 0.643. The lowest BCUT2D eigenvalue weighted by atomic mass is 9.81. The predicted molar refractivity (Wildman–Crippen MR) is 79.6 cm³/mol. The molecule has 6 heteroatoms. The summed E-state index contributed by atoms with van der Waals surface area (Å²) in [4.78, 5) is 3.88. The summed E-state index contributed by atoms with van der Waals surface area (Å²) in [6.07, 6.45) is 7.31. The van der Waals surface area contributed by atoms with Gasteiger partial charge in [0.25, 0.3) is 0 Å². The molecule has 0 aliphatic heterocycles. The normalized spacial score (nSPS) is 23.6. The van der Waals surface area contributed by atoms with Crippen LogP contribution >= 0.6 is 0 Å². The summed E-state index contributed by atoms with van der Waals surface area (Å²) in [5, 5.41) is 0. The molecule has 20 heavy (non-hydrogen) atoms. The molecular weight excluding hydrogens is 274 g/mol. The Labute approximate surface area is 121 Å². The molecule has 1 saturated carbocycles. The summed E-state index contributed by atoms with van der Waals surface area (Å²) in [5.41, 5.74) is 5.61. The number of anilines is 1. The van der Waals surface area contributed by atoms with Crippen LogP contribution in [-0.4, -0.2) is 19.9 Å². The van der Waals surface area contributed by atoms with Crippen molar-refractivity contribution in [1.82, 2.24) is 9.71 Å². The topological polar surface area (TPSA) is 85.1 Å². The monoisotopic (exact) mass is 297 g/mol. The molecule has 1 fully saturated rings. The number of nitrogen functional groups attached to an aromatic ring is 1. The van der Waals surface area contributed by atoms with Gasteiger partial charge in [-0.1, -0.05) is 32.6 Å². The van der Waals surface area contributed by atoms with Crippen LogP contribution < -0.4 is 10.5 Å². The maximum atomic E-state index is 12.1. The lowest BCUT2D eigenvalue weighted by Crippen LogP contribution is -2.28. The van der Waals surface area contributed by atoms with Crippen LogP contribution in [0.2, 0.25) is 0 Å². The van der Waals surface area contributed by atoms with Crippen molar-refractivity contribution < 1.29 is 8.42 Å². The summed E-state index contributed by atoms with van der Waals surface area (Å²) in [7, 11) is -3.54. The number of pyridine rings is 1. The maximum Gasteiger partial charge on any atom is 0.244 e. The van der Waals surface area contributed by atoms with Crippen LogP contribution in [0.3, 0.4) is 0 Å². The molecule has 0 bridgehead atoms. The highest BCUT2D eigenvalue weighted by Crippen LogP contribution is 2.30. The van der Waals surface area contributed by atoms with E-state index in [1.807, 2.05) is 0 Å². The van der Waals surface area contributed by atoms with Crippen molar-refractivity contribution in [1.29, 1.82) is 0 Å². The second-order valence-corrected chi connectivity index (χ2v) is 7.43. The first kappa shape index (κ1) is 15.3. The van der Waals surface area contributed by atoms with Crippen molar-refractivity contribution in [2.75, 3.05) is 12.3 Å². The van der Waals surface area contributed by atoms with Crippen LogP contribution in [0.1, 0.15) is 39.0 Å². The molecular formula is C14H23N3O2S. The number of nitrogens with two attached hydrogens (primary N) is 1. The smallest absolute Gasteiger partial charge is 0.244 e. The van der Waals surface area contributed by atoms with E-state index in [9.17, 15) is 8.42 Å². The number of nitrogens with one attached hydrogen (secondary N) is 1. The van der Waals surface area contributed by atoms with E-state index in [0.717, 1.165) is 12.3 Å². The molecule has 0 spiro atoms. The molecule has 5 nitrogen and oxygen atoms in total. The van der Waals surface area contributed by atoms with Gasteiger partial charge in [-0.25, -0.2) is 18.1 Å². The fourth-order valence-corrected chi connectivity index (χ4v) is 3.85. The molecule has 1 aromatic rings. The van der Waals surface area contributed by atoms with Gasteiger partial charge in [0.15, 0.2) is 0 Å². The maximum absolute atomic E-state index is 12.1. The van der Waals surface area contributed by atoms with Crippen molar-refractivity contribution >= 4 is 15.8 Å². The Hall–Kier alpha value is -1.14. The van der Waals surface area contributed by atoms with Gasteiger partial charge in [-0.2, -0.15) is 0 Å². The van der Waals surface area contributed by atoms with Crippen LogP contribution in [0.5, 0.6) is 0 Å². The summed E-state index contributed by atoms with van der Waals surface area (Å²) >= 11 is 0. The molecule has 3 N–H and O–H groups in total. The minimum absolute atomic E-state index is 0.0477. The Morgan fingerprint density at radius 2 is 2.05 bits per heavy atom. The number of hydrogen-bond donors (Lipinski definition) is 2. The van der Waals surface area contributed by atoms with Crippen molar-refractivity contribution in [3.05, 3.63) is 18.3 Å². The van der Waals surface area contributed by atoms with Gasteiger partial charge in [0.1, 0.15) is 10.7 Å². The predicted octanol–water partition coefficient (Wildman–Crippen LogP) is 2.16. The highest BCUT2D eigenvalue weighted by atomic mass is 32.2. The third-order valence-corrected chi connectivity index (χ3v) is 5.58. The van der Waals surface area contributed by atoms with Crippen molar-refractivity contribution in [2.24, 2.45) is 11.8 Å². The van der Waals surface area contributed by atoms with Gasteiger partial charge in [-0.05, 0) is 30.4 Å². The van der Waals surface area contributed by atoms with Gasteiger partial charge >= 0.3 is 0 Å². The van der Waals surface area contributed by atoms with E-state index in [0.29, 0.717) is 12.5 Å². The van der Waals surface area contributed by atoms with Gasteiger partial charge in [0.05, 0.1) is 0 Å². The summed E-state index contributed by atoms with van der Waals surface area (Å²) < 4.78 is 26.9. The zero-order chi connectivity index (χ0) is 14.6. The molecule has 0 saturated heterocycles. The highest BCUT2D eigenvalue weighted by Gasteiger charge is 2.20. The third-order valence-electron chi connectivity index (χ3n) is 4.07. The number of aromatic nitrogens is 1. The first-order chi connectivity index (χ1) is 9.49. The lowest BCUT2D eigenvalue weighted by Gasteiger charge is -2.26.